The summed E-state index contributed by atoms with van der Waals surface area (Å²) in [5, 5.41) is 0. The summed E-state index contributed by atoms with van der Waals surface area (Å²) in [6.45, 7) is 6.45. The molecule has 2 N–H and O–H groups in total. The van der Waals surface area contributed by atoms with Crippen LogP contribution in [0.3, 0.4) is 0 Å². The topological polar surface area (TPSA) is 29.3 Å². The molecule has 300 valence electrons. The number of benzene rings is 9. The van der Waals surface area contributed by atoms with Crippen LogP contribution in [0.4, 0.5) is 22.7 Å². The molecule has 0 spiro atoms. The van der Waals surface area contributed by atoms with E-state index in [4.69, 9.17) is 5.73 Å². The first-order valence-corrected chi connectivity index (χ1v) is 21.1. The summed E-state index contributed by atoms with van der Waals surface area (Å²) in [6.07, 6.45) is 1.83. The summed E-state index contributed by atoms with van der Waals surface area (Å²) >= 11 is 0. The Balaban J connectivity index is 0.000000170. The summed E-state index contributed by atoms with van der Waals surface area (Å²) < 4.78 is 0. The van der Waals surface area contributed by atoms with E-state index < -0.39 is 0 Å². The van der Waals surface area contributed by atoms with Gasteiger partial charge in [-0.15, -0.1) is 0 Å². The van der Waals surface area contributed by atoms with E-state index in [2.05, 4.69) is 220 Å². The van der Waals surface area contributed by atoms with E-state index in [9.17, 15) is 0 Å². The number of nitrogen functional groups attached to an aromatic ring is 1. The van der Waals surface area contributed by atoms with Crippen LogP contribution in [0.1, 0.15) is 38.9 Å². The number of hydrogen-bond donors (Lipinski definition) is 1. The minimum atomic E-state index is 0.787. The highest BCUT2D eigenvalue weighted by Gasteiger charge is 2.16. The van der Waals surface area contributed by atoms with Crippen LogP contribution in [0.5, 0.6) is 0 Å². The summed E-state index contributed by atoms with van der Waals surface area (Å²) in [5.74, 6) is 0. The van der Waals surface area contributed by atoms with Crippen molar-refractivity contribution in [3.63, 3.8) is 0 Å². The lowest BCUT2D eigenvalue weighted by atomic mass is 9.93. The maximum absolute atomic E-state index is 6.45. The average Bonchev–Trinajstić information content (AvgIpc) is 3.30. The molecule has 0 aliphatic carbocycles. The van der Waals surface area contributed by atoms with E-state index in [0.29, 0.717) is 0 Å². The first kappa shape index (κ1) is 41.7. The summed E-state index contributed by atoms with van der Waals surface area (Å²) in [5.41, 5.74) is 24.7. The van der Waals surface area contributed by atoms with E-state index >= 15 is 0 Å². The molecule has 0 aliphatic heterocycles. The van der Waals surface area contributed by atoms with Crippen LogP contribution in [0.15, 0.2) is 237 Å². The molecular weight excluding hydrogens is 737 g/mol. The van der Waals surface area contributed by atoms with Gasteiger partial charge in [-0.05, 0) is 126 Å². The van der Waals surface area contributed by atoms with Crippen molar-refractivity contribution in [2.24, 2.45) is 0 Å². The molecule has 0 unspecified atom stereocenters. The summed E-state index contributed by atoms with van der Waals surface area (Å²) in [4.78, 5) is 2.29. The van der Waals surface area contributed by atoms with Crippen LogP contribution < -0.4 is 10.6 Å². The SMILES string of the molecule is Cc1ccccc1.Cc1ccccc1-c1cc(Cc2ccccc2)ccc1C.Nc1ccccc1-c1cc(N(c2ccccc2)c2ccccc2)ccc1Cc1ccccc1. The zero-order valence-electron chi connectivity index (χ0n) is 35.5. The largest absolute Gasteiger partial charge is 0.398 e. The standard InChI is InChI=1S/C31H26N2.C21H20.C7H8/c32-31-19-11-10-18-29(31)30-23-28(21-20-25(30)22-24-12-4-1-5-13-24)33(26-14-6-2-7-15-26)27-16-8-3-9-17-27;1-16-8-6-7-11-20(16)21-15-19(13-12-17(21)2)14-18-9-4-3-5-10-18;1-7-5-3-2-4-6-7/h1-21,23H,22,32H2;3-13,15H,14H2,1-2H3;2-6H,1H3. The Hall–Kier alpha value is -7.42. The molecule has 0 bridgehead atoms. The lowest BCUT2D eigenvalue weighted by molar-refractivity contribution is 1.19. The fraction of sp³-hybridized carbons (Fsp3) is 0.0847. The van der Waals surface area contributed by atoms with Crippen molar-refractivity contribution in [2.45, 2.75) is 33.6 Å². The first-order valence-electron chi connectivity index (χ1n) is 21.1. The van der Waals surface area contributed by atoms with E-state index in [-0.39, 0.29) is 0 Å². The highest BCUT2D eigenvalue weighted by molar-refractivity contribution is 5.85. The van der Waals surface area contributed by atoms with Gasteiger partial charge >= 0.3 is 0 Å². The highest BCUT2D eigenvalue weighted by Crippen LogP contribution is 2.39. The van der Waals surface area contributed by atoms with E-state index in [1.807, 2.05) is 42.5 Å². The maximum Gasteiger partial charge on any atom is 0.0468 e. The van der Waals surface area contributed by atoms with Crippen molar-refractivity contribution >= 4 is 22.7 Å². The Bertz CT molecular complexity index is 2670. The Morgan fingerprint density at radius 1 is 0.328 bits per heavy atom. The zero-order valence-corrected chi connectivity index (χ0v) is 35.5. The maximum atomic E-state index is 6.45. The molecule has 0 heterocycles. The van der Waals surface area contributed by atoms with Crippen molar-refractivity contribution in [3.8, 4) is 22.3 Å². The predicted molar refractivity (Wildman–Crippen MR) is 262 cm³/mol. The molecule has 9 aromatic rings. The Labute approximate surface area is 363 Å². The molecule has 0 saturated carbocycles. The fourth-order valence-corrected chi connectivity index (χ4v) is 7.58. The van der Waals surface area contributed by atoms with Gasteiger partial charge in [0.25, 0.3) is 0 Å². The van der Waals surface area contributed by atoms with Crippen LogP contribution in [-0.2, 0) is 12.8 Å². The molecule has 0 fully saturated rings. The number of hydrogen-bond acceptors (Lipinski definition) is 2. The molecule has 0 saturated heterocycles. The number of rotatable bonds is 9. The minimum Gasteiger partial charge on any atom is -0.398 e. The third-order valence-corrected chi connectivity index (χ3v) is 10.8. The quantitative estimate of drug-likeness (QED) is 0.148. The van der Waals surface area contributed by atoms with Gasteiger partial charge in [0.2, 0.25) is 0 Å². The molecule has 9 aromatic carbocycles. The third kappa shape index (κ3) is 11.4. The van der Waals surface area contributed by atoms with Crippen LogP contribution in [0, 0.1) is 20.8 Å². The molecule has 61 heavy (non-hydrogen) atoms. The molecule has 0 amide bonds. The highest BCUT2D eigenvalue weighted by atomic mass is 15.1. The van der Waals surface area contributed by atoms with Crippen molar-refractivity contribution in [1.82, 2.24) is 0 Å². The van der Waals surface area contributed by atoms with Gasteiger partial charge in [0, 0.05) is 28.3 Å². The van der Waals surface area contributed by atoms with Gasteiger partial charge in [-0.1, -0.05) is 200 Å². The Morgan fingerprint density at radius 3 is 1.34 bits per heavy atom. The summed E-state index contributed by atoms with van der Waals surface area (Å²) in [7, 11) is 0. The Kier molecular flexibility index (Phi) is 14.4. The average molecular weight is 791 g/mol. The Morgan fingerprint density at radius 2 is 0.803 bits per heavy atom. The molecule has 0 aromatic heterocycles. The number of para-hydroxylation sites is 3. The van der Waals surface area contributed by atoms with Crippen LogP contribution in [-0.4, -0.2) is 0 Å². The van der Waals surface area contributed by atoms with E-state index in [1.54, 1.807) is 0 Å². The van der Waals surface area contributed by atoms with Crippen molar-refractivity contribution < 1.29 is 0 Å². The normalized spacial score (nSPS) is 10.4. The smallest absolute Gasteiger partial charge is 0.0468 e. The van der Waals surface area contributed by atoms with Gasteiger partial charge in [0.05, 0.1) is 0 Å². The second-order valence-electron chi connectivity index (χ2n) is 15.4. The number of anilines is 4. The van der Waals surface area contributed by atoms with Crippen LogP contribution in [0.2, 0.25) is 0 Å². The van der Waals surface area contributed by atoms with Gasteiger partial charge in [-0.3, -0.25) is 0 Å². The van der Waals surface area contributed by atoms with Gasteiger partial charge < -0.3 is 10.6 Å². The monoisotopic (exact) mass is 790 g/mol. The fourth-order valence-electron chi connectivity index (χ4n) is 7.58. The molecule has 2 nitrogen and oxygen atoms in total. The molecule has 9 rings (SSSR count). The molecule has 0 radical (unpaired) electrons. The van der Waals surface area contributed by atoms with Crippen LogP contribution >= 0.6 is 0 Å². The predicted octanol–water partition coefficient (Wildman–Crippen LogP) is 15.6. The van der Waals surface area contributed by atoms with Gasteiger partial charge in [-0.2, -0.15) is 0 Å². The van der Waals surface area contributed by atoms with E-state index in [0.717, 1.165) is 46.7 Å². The minimum absolute atomic E-state index is 0.787. The number of nitrogens with two attached hydrogens (primary N) is 1. The molecule has 2 heteroatoms. The molecule has 0 atom stereocenters. The van der Waals surface area contributed by atoms with Gasteiger partial charge in [0.1, 0.15) is 0 Å². The first-order chi connectivity index (χ1) is 29.9. The zero-order chi connectivity index (χ0) is 42.2. The van der Waals surface area contributed by atoms with Gasteiger partial charge in [0.15, 0.2) is 0 Å². The van der Waals surface area contributed by atoms with Crippen molar-refractivity contribution in [1.29, 1.82) is 0 Å². The van der Waals surface area contributed by atoms with Crippen molar-refractivity contribution in [2.75, 3.05) is 10.6 Å². The lowest BCUT2D eigenvalue weighted by Gasteiger charge is -2.27. The second-order valence-corrected chi connectivity index (χ2v) is 15.4. The summed E-state index contributed by atoms with van der Waals surface area (Å²) in [6, 6.07) is 82.7. The lowest BCUT2D eigenvalue weighted by Crippen LogP contribution is -2.10. The molecule has 0 aliphatic rings. The number of aryl methyl sites for hydroxylation is 3. The molecular formula is C59H54N2. The van der Waals surface area contributed by atoms with E-state index in [1.165, 1.54) is 50.1 Å². The van der Waals surface area contributed by atoms with Crippen LogP contribution in [0.25, 0.3) is 22.3 Å². The van der Waals surface area contributed by atoms with Crippen molar-refractivity contribution in [3.05, 3.63) is 276 Å². The number of nitrogens with zero attached hydrogens (tertiary/aromatic N) is 1. The van der Waals surface area contributed by atoms with Gasteiger partial charge in [-0.25, -0.2) is 0 Å². The third-order valence-electron chi connectivity index (χ3n) is 10.8. The second kappa shape index (κ2) is 21.0.